The van der Waals surface area contributed by atoms with Crippen molar-refractivity contribution in [1.82, 2.24) is 4.90 Å². The Morgan fingerprint density at radius 1 is 1.36 bits per heavy atom. The maximum absolute atomic E-state index is 12.9. The Labute approximate surface area is 134 Å². The number of carbonyl (C=O) groups is 1. The number of hydrogen-bond acceptors (Lipinski definition) is 3. The smallest absolute Gasteiger partial charge is 0.226 e. The summed E-state index contributed by atoms with van der Waals surface area (Å²) in [5.74, 6) is 0.0893. The summed E-state index contributed by atoms with van der Waals surface area (Å²) in [6, 6.07) is 3.96. The quantitative estimate of drug-likeness (QED) is 0.853. The Bertz CT molecular complexity index is 552. The van der Waals surface area contributed by atoms with Crippen LogP contribution in [0.1, 0.15) is 19.3 Å². The molecule has 0 bridgehead atoms. The Balaban J connectivity index is 1.42. The van der Waals surface area contributed by atoms with E-state index in [0.29, 0.717) is 12.2 Å². The molecule has 22 heavy (non-hydrogen) atoms. The van der Waals surface area contributed by atoms with Crippen LogP contribution in [0.4, 0.5) is 4.39 Å². The highest BCUT2D eigenvalue weighted by Gasteiger charge is 2.45. The van der Waals surface area contributed by atoms with E-state index in [-0.39, 0.29) is 23.0 Å². The van der Waals surface area contributed by atoms with E-state index in [2.05, 4.69) is 0 Å². The van der Waals surface area contributed by atoms with Crippen molar-refractivity contribution in [2.45, 2.75) is 19.3 Å². The summed E-state index contributed by atoms with van der Waals surface area (Å²) in [6.07, 6.45) is 2.39. The number of benzene rings is 1. The SMILES string of the molecule is O=C(CCOc1ccc(F)cc1Cl)N1CC2(CCOCC2)C1. The van der Waals surface area contributed by atoms with Crippen molar-refractivity contribution in [3.8, 4) is 5.75 Å². The first-order valence-corrected chi connectivity index (χ1v) is 7.89. The molecule has 2 saturated heterocycles. The maximum Gasteiger partial charge on any atom is 0.226 e. The van der Waals surface area contributed by atoms with Gasteiger partial charge in [-0.2, -0.15) is 0 Å². The molecule has 2 heterocycles. The molecule has 0 aliphatic carbocycles. The van der Waals surface area contributed by atoms with Gasteiger partial charge in [0, 0.05) is 31.7 Å². The lowest BCUT2D eigenvalue weighted by atomic mass is 9.73. The van der Waals surface area contributed by atoms with Crippen LogP contribution in [0.2, 0.25) is 5.02 Å². The summed E-state index contributed by atoms with van der Waals surface area (Å²) in [6.45, 7) is 3.50. The highest BCUT2D eigenvalue weighted by atomic mass is 35.5. The minimum atomic E-state index is -0.407. The molecule has 1 aromatic rings. The molecule has 120 valence electrons. The van der Waals surface area contributed by atoms with Crippen molar-refractivity contribution >= 4 is 17.5 Å². The number of ether oxygens (including phenoxy) is 2. The highest BCUT2D eigenvalue weighted by molar-refractivity contribution is 6.32. The standard InChI is InChI=1S/C16H19ClFNO3/c17-13-9-12(18)1-2-14(13)22-6-3-15(20)19-10-16(11-19)4-7-21-8-5-16/h1-2,9H,3-8,10-11H2. The number of nitrogens with zero attached hydrogens (tertiary/aromatic N) is 1. The van der Waals surface area contributed by atoms with Crippen LogP contribution in [0.3, 0.4) is 0 Å². The largest absolute Gasteiger partial charge is 0.491 e. The lowest BCUT2D eigenvalue weighted by Gasteiger charge is -2.52. The number of rotatable bonds is 4. The van der Waals surface area contributed by atoms with Gasteiger partial charge in [0.05, 0.1) is 18.1 Å². The fraction of sp³-hybridized carbons (Fsp3) is 0.562. The third kappa shape index (κ3) is 3.36. The first-order chi connectivity index (χ1) is 10.6. The molecule has 4 nitrogen and oxygen atoms in total. The van der Waals surface area contributed by atoms with Crippen molar-refractivity contribution < 1.29 is 18.7 Å². The number of amides is 1. The van der Waals surface area contributed by atoms with E-state index in [1.165, 1.54) is 18.2 Å². The van der Waals surface area contributed by atoms with Crippen LogP contribution in [-0.2, 0) is 9.53 Å². The zero-order valence-electron chi connectivity index (χ0n) is 12.3. The molecule has 2 aliphatic heterocycles. The average molecular weight is 328 g/mol. The first-order valence-electron chi connectivity index (χ1n) is 7.51. The summed E-state index contributed by atoms with van der Waals surface area (Å²) < 4.78 is 23.7. The highest BCUT2D eigenvalue weighted by Crippen LogP contribution is 2.39. The molecule has 1 amide bonds. The number of carbonyl (C=O) groups excluding carboxylic acids is 1. The van der Waals surface area contributed by atoms with Gasteiger partial charge in [-0.05, 0) is 31.0 Å². The van der Waals surface area contributed by atoms with Crippen molar-refractivity contribution in [3.05, 3.63) is 29.0 Å². The van der Waals surface area contributed by atoms with Gasteiger partial charge in [0.25, 0.3) is 0 Å². The van der Waals surface area contributed by atoms with Crippen LogP contribution in [-0.4, -0.2) is 43.7 Å². The number of likely N-dealkylation sites (tertiary alicyclic amines) is 1. The minimum Gasteiger partial charge on any atom is -0.491 e. The molecule has 2 fully saturated rings. The molecule has 1 aromatic carbocycles. The minimum absolute atomic E-state index is 0.0929. The second-order valence-electron chi connectivity index (χ2n) is 6.04. The van der Waals surface area contributed by atoms with Gasteiger partial charge in [0.15, 0.2) is 0 Å². The maximum atomic E-state index is 12.9. The number of halogens is 2. The zero-order chi connectivity index (χ0) is 15.6. The summed E-state index contributed by atoms with van der Waals surface area (Å²) >= 11 is 5.87. The van der Waals surface area contributed by atoms with Crippen molar-refractivity contribution in [2.24, 2.45) is 5.41 Å². The van der Waals surface area contributed by atoms with Crippen molar-refractivity contribution in [3.63, 3.8) is 0 Å². The lowest BCUT2D eigenvalue weighted by Crippen LogP contribution is -2.60. The van der Waals surface area contributed by atoms with Gasteiger partial charge < -0.3 is 14.4 Å². The van der Waals surface area contributed by atoms with Gasteiger partial charge in [-0.15, -0.1) is 0 Å². The lowest BCUT2D eigenvalue weighted by molar-refractivity contribution is -0.150. The molecule has 0 radical (unpaired) electrons. The molecule has 0 aromatic heterocycles. The van der Waals surface area contributed by atoms with Crippen LogP contribution in [0.25, 0.3) is 0 Å². The van der Waals surface area contributed by atoms with Gasteiger partial charge in [-0.25, -0.2) is 4.39 Å². The second-order valence-corrected chi connectivity index (χ2v) is 6.44. The molecule has 3 rings (SSSR count). The summed E-state index contributed by atoms with van der Waals surface area (Å²) in [7, 11) is 0. The van der Waals surface area contributed by atoms with Crippen LogP contribution < -0.4 is 4.74 Å². The Kier molecular flexibility index (Phi) is 4.54. The monoisotopic (exact) mass is 327 g/mol. The van der Waals surface area contributed by atoms with Gasteiger partial charge in [-0.3, -0.25) is 4.79 Å². The third-order valence-electron chi connectivity index (χ3n) is 4.43. The summed E-state index contributed by atoms with van der Waals surface area (Å²) in [5, 5.41) is 0.220. The summed E-state index contributed by atoms with van der Waals surface area (Å²) in [5.41, 5.74) is 0.287. The average Bonchev–Trinajstić information content (AvgIpc) is 2.47. The van der Waals surface area contributed by atoms with Crippen LogP contribution in [0.15, 0.2) is 18.2 Å². The fourth-order valence-electron chi connectivity index (χ4n) is 3.06. The predicted molar refractivity (Wildman–Crippen MR) is 80.6 cm³/mol. The van der Waals surface area contributed by atoms with Crippen LogP contribution in [0, 0.1) is 11.2 Å². The zero-order valence-corrected chi connectivity index (χ0v) is 13.1. The van der Waals surface area contributed by atoms with Gasteiger partial charge in [0.2, 0.25) is 5.91 Å². The normalized spacial score (nSPS) is 19.8. The topological polar surface area (TPSA) is 38.8 Å². The number of hydrogen-bond donors (Lipinski definition) is 0. The fourth-order valence-corrected chi connectivity index (χ4v) is 3.28. The van der Waals surface area contributed by atoms with Crippen LogP contribution >= 0.6 is 11.6 Å². The third-order valence-corrected chi connectivity index (χ3v) is 4.72. The molecular weight excluding hydrogens is 309 g/mol. The molecule has 0 saturated carbocycles. The molecule has 1 spiro atoms. The van der Waals surface area contributed by atoms with E-state index in [9.17, 15) is 9.18 Å². The Morgan fingerprint density at radius 3 is 2.77 bits per heavy atom. The van der Waals surface area contributed by atoms with E-state index in [0.717, 1.165) is 39.1 Å². The van der Waals surface area contributed by atoms with Crippen molar-refractivity contribution in [1.29, 1.82) is 0 Å². The first kappa shape index (κ1) is 15.6. The van der Waals surface area contributed by atoms with E-state index in [4.69, 9.17) is 21.1 Å². The molecule has 0 N–H and O–H groups in total. The second kappa shape index (κ2) is 6.42. The predicted octanol–water partition coefficient (Wildman–Crippen LogP) is 2.89. The molecule has 0 atom stereocenters. The Hall–Kier alpha value is -1.33. The van der Waals surface area contributed by atoms with E-state index in [1.807, 2.05) is 4.90 Å². The Morgan fingerprint density at radius 2 is 2.09 bits per heavy atom. The molecule has 2 aliphatic rings. The summed E-state index contributed by atoms with van der Waals surface area (Å²) in [4.78, 5) is 14.0. The van der Waals surface area contributed by atoms with Crippen molar-refractivity contribution in [2.75, 3.05) is 32.9 Å². The van der Waals surface area contributed by atoms with Gasteiger partial charge in [0.1, 0.15) is 11.6 Å². The van der Waals surface area contributed by atoms with Gasteiger partial charge in [-0.1, -0.05) is 11.6 Å². The van der Waals surface area contributed by atoms with E-state index < -0.39 is 5.82 Å². The molecular formula is C16H19ClFNO3. The van der Waals surface area contributed by atoms with E-state index >= 15 is 0 Å². The molecule has 6 heteroatoms. The van der Waals surface area contributed by atoms with Crippen LogP contribution in [0.5, 0.6) is 5.75 Å². The molecule has 0 unspecified atom stereocenters. The van der Waals surface area contributed by atoms with Gasteiger partial charge >= 0.3 is 0 Å². The van der Waals surface area contributed by atoms with E-state index in [1.54, 1.807) is 0 Å².